The first-order chi connectivity index (χ1) is 6.69. The Morgan fingerprint density at radius 3 is 2.43 bits per heavy atom. The largest absolute Gasteiger partial charge is 0.497 e. The third kappa shape index (κ3) is 2.14. The number of nitrogens with zero attached hydrogens (tertiary/aromatic N) is 1. The summed E-state index contributed by atoms with van der Waals surface area (Å²) in [4.78, 5) is 0. The van der Waals surface area contributed by atoms with Crippen molar-refractivity contribution in [2.45, 2.75) is 6.04 Å². The van der Waals surface area contributed by atoms with E-state index in [1.54, 1.807) is 31.4 Å². The van der Waals surface area contributed by atoms with Gasteiger partial charge in [0.15, 0.2) is 5.84 Å². The lowest BCUT2D eigenvalue weighted by molar-refractivity contribution is 0.316. The minimum absolute atomic E-state index is 0.0184. The second-order valence-electron chi connectivity index (χ2n) is 2.78. The van der Waals surface area contributed by atoms with Gasteiger partial charge in [0.2, 0.25) is 0 Å². The molecule has 0 aliphatic rings. The Balaban J connectivity index is 2.86. The monoisotopic (exact) mass is 195 g/mol. The maximum atomic E-state index is 8.43. The molecule has 0 saturated carbocycles. The molecule has 0 aliphatic heterocycles. The highest BCUT2D eigenvalue weighted by atomic mass is 16.5. The van der Waals surface area contributed by atoms with Gasteiger partial charge in [-0.15, -0.1) is 0 Å². The molecule has 0 radical (unpaired) electrons. The maximum absolute atomic E-state index is 8.43. The standard InChI is InChI=1S/C9H13N3O2/c1-14-7-4-2-6(3-5-7)8(10)9(11)12-13/h2-5,8,13H,10H2,1H3,(H2,11,12). The molecule has 0 fully saturated rings. The molecule has 0 heterocycles. The fourth-order valence-electron chi connectivity index (χ4n) is 1.04. The quantitative estimate of drug-likeness (QED) is 0.282. The predicted molar refractivity (Wildman–Crippen MR) is 53.3 cm³/mol. The SMILES string of the molecule is COc1ccc(C(N)/C(N)=N/O)cc1. The summed E-state index contributed by atoms with van der Waals surface area (Å²) >= 11 is 0. The Morgan fingerprint density at radius 1 is 1.43 bits per heavy atom. The first-order valence-corrected chi connectivity index (χ1v) is 4.06. The van der Waals surface area contributed by atoms with Gasteiger partial charge in [0.05, 0.1) is 13.2 Å². The first-order valence-electron chi connectivity index (χ1n) is 4.06. The lowest BCUT2D eigenvalue weighted by atomic mass is 10.1. The summed E-state index contributed by atoms with van der Waals surface area (Å²) in [6.07, 6.45) is 0. The van der Waals surface area contributed by atoms with Gasteiger partial charge in [0, 0.05) is 0 Å². The molecule has 1 atom stereocenters. The molecular formula is C9H13N3O2. The summed E-state index contributed by atoms with van der Waals surface area (Å²) < 4.78 is 4.98. The van der Waals surface area contributed by atoms with E-state index in [-0.39, 0.29) is 5.84 Å². The van der Waals surface area contributed by atoms with Crippen molar-refractivity contribution in [2.24, 2.45) is 16.6 Å². The van der Waals surface area contributed by atoms with Crippen LogP contribution in [0, 0.1) is 0 Å². The van der Waals surface area contributed by atoms with E-state index in [9.17, 15) is 0 Å². The highest BCUT2D eigenvalue weighted by Gasteiger charge is 2.10. The highest BCUT2D eigenvalue weighted by molar-refractivity contribution is 5.86. The number of oxime groups is 1. The highest BCUT2D eigenvalue weighted by Crippen LogP contribution is 2.15. The summed E-state index contributed by atoms with van der Waals surface area (Å²) in [5.41, 5.74) is 11.8. The van der Waals surface area contributed by atoms with Gasteiger partial charge in [-0.2, -0.15) is 0 Å². The number of benzene rings is 1. The molecule has 0 aromatic heterocycles. The van der Waals surface area contributed by atoms with Crippen LogP contribution in [0.3, 0.4) is 0 Å². The van der Waals surface area contributed by atoms with Crippen LogP contribution < -0.4 is 16.2 Å². The number of hydrogen-bond donors (Lipinski definition) is 3. The van der Waals surface area contributed by atoms with Gasteiger partial charge in [-0.05, 0) is 17.7 Å². The number of rotatable bonds is 3. The molecular weight excluding hydrogens is 182 g/mol. The van der Waals surface area contributed by atoms with Crippen molar-refractivity contribution in [1.82, 2.24) is 0 Å². The molecule has 5 nitrogen and oxygen atoms in total. The Hall–Kier alpha value is -1.75. The van der Waals surface area contributed by atoms with Gasteiger partial charge in [-0.3, -0.25) is 0 Å². The van der Waals surface area contributed by atoms with Gasteiger partial charge < -0.3 is 21.4 Å². The molecule has 0 amide bonds. The van der Waals surface area contributed by atoms with E-state index < -0.39 is 6.04 Å². The summed E-state index contributed by atoms with van der Waals surface area (Å²) in [6, 6.07) is 6.47. The number of hydrogen-bond acceptors (Lipinski definition) is 4. The minimum Gasteiger partial charge on any atom is -0.497 e. The van der Waals surface area contributed by atoms with Crippen molar-refractivity contribution < 1.29 is 9.94 Å². The van der Waals surface area contributed by atoms with Crippen LogP contribution in [0.4, 0.5) is 0 Å². The average Bonchev–Trinajstić information content (AvgIpc) is 2.27. The zero-order valence-electron chi connectivity index (χ0n) is 7.84. The lowest BCUT2D eigenvalue weighted by Gasteiger charge is -2.10. The van der Waals surface area contributed by atoms with Crippen LogP contribution in [-0.2, 0) is 0 Å². The van der Waals surface area contributed by atoms with Crippen molar-refractivity contribution in [2.75, 3.05) is 7.11 Å². The van der Waals surface area contributed by atoms with E-state index in [0.717, 1.165) is 11.3 Å². The third-order valence-corrected chi connectivity index (χ3v) is 1.91. The van der Waals surface area contributed by atoms with Crippen molar-refractivity contribution in [1.29, 1.82) is 0 Å². The van der Waals surface area contributed by atoms with Crippen LogP contribution in [0.1, 0.15) is 11.6 Å². The van der Waals surface area contributed by atoms with Gasteiger partial charge >= 0.3 is 0 Å². The molecule has 1 unspecified atom stereocenters. The topological polar surface area (TPSA) is 93.9 Å². The smallest absolute Gasteiger partial charge is 0.160 e. The second kappa shape index (κ2) is 4.48. The van der Waals surface area contributed by atoms with Gasteiger partial charge in [-0.25, -0.2) is 0 Å². The Labute approximate surface area is 82.0 Å². The minimum atomic E-state index is -0.592. The summed E-state index contributed by atoms with van der Waals surface area (Å²) in [6.45, 7) is 0. The Kier molecular flexibility index (Phi) is 3.30. The van der Waals surface area contributed by atoms with Gasteiger partial charge in [-0.1, -0.05) is 17.3 Å². The Morgan fingerprint density at radius 2 is 2.00 bits per heavy atom. The molecule has 0 aliphatic carbocycles. The van der Waals surface area contributed by atoms with Crippen molar-refractivity contribution in [3.63, 3.8) is 0 Å². The van der Waals surface area contributed by atoms with Crippen LogP contribution in [0.25, 0.3) is 0 Å². The summed E-state index contributed by atoms with van der Waals surface area (Å²) in [5.74, 6) is 0.718. The molecule has 5 heteroatoms. The third-order valence-electron chi connectivity index (χ3n) is 1.91. The van der Waals surface area contributed by atoms with E-state index in [2.05, 4.69) is 5.16 Å². The fourth-order valence-corrected chi connectivity index (χ4v) is 1.04. The molecule has 0 saturated heterocycles. The van der Waals surface area contributed by atoms with E-state index in [1.807, 2.05) is 0 Å². The zero-order chi connectivity index (χ0) is 10.6. The lowest BCUT2D eigenvalue weighted by Crippen LogP contribution is -2.28. The first kappa shape index (κ1) is 10.3. The van der Waals surface area contributed by atoms with Crippen LogP contribution in [-0.4, -0.2) is 18.2 Å². The van der Waals surface area contributed by atoms with Crippen LogP contribution in [0.5, 0.6) is 5.75 Å². The number of nitrogens with two attached hydrogens (primary N) is 2. The normalized spacial score (nSPS) is 13.7. The zero-order valence-corrected chi connectivity index (χ0v) is 7.84. The van der Waals surface area contributed by atoms with Crippen molar-refractivity contribution in [3.8, 4) is 5.75 Å². The molecule has 5 N–H and O–H groups in total. The molecule has 0 spiro atoms. The van der Waals surface area contributed by atoms with Crippen molar-refractivity contribution in [3.05, 3.63) is 29.8 Å². The van der Waals surface area contributed by atoms with Crippen molar-refractivity contribution >= 4 is 5.84 Å². The number of amidine groups is 1. The number of methoxy groups -OCH3 is 1. The predicted octanol–water partition coefficient (Wildman–Crippen LogP) is 0.441. The molecule has 1 aromatic carbocycles. The second-order valence-corrected chi connectivity index (χ2v) is 2.78. The summed E-state index contributed by atoms with van der Waals surface area (Å²) in [5, 5.41) is 11.3. The Bertz CT molecular complexity index is 321. The summed E-state index contributed by atoms with van der Waals surface area (Å²) in [7, 11) is 1.58. The van der Waals surface area contributed by atoms with Crippen LogP contribution in [0.15, 0.2) is 29.4 Å². The van der Waals surface area contributed by atoms with Gasteiger partial charge in [0.1, 0.15) is 5.75 Å². The van der Waals surface area contributed by atoms with Crippen LogP contribution in [0.2, 0.25) is 0 Å². The van der Waals surface area contributed by atoms with E-state index in [0.29, 0.717) is 0 Å². The average molecular weight is 195 g/mol. The fraction of sp³-hybridized carbons (Fsp3) is 0.222. The molecule has 76 valence electrons. The number of ether oxygens (including phenoxy) is 1. The molecule has 1 aromatic rings. The van der Waals surface area contributed by atoms with Crippen LogP contribution >= 0.6 is 0 Å². The van der Waals surface area contributed by atoms with Gasteiger partial charge in [0.25, 0.3) is 0 Å². The molecule has 0 bridgehead atoms. The van der Waals surface area contributed by atoms with E-state index in [1.165, 1.54) is 0 Å². The van der Waals surface area contributed by atoms with E-state index >= 15 is 0 Å². The van der Waals surface area contributed by atoms with E-state index in [4.69, 9.17) is 21.4 Å². The molecule has 1 rings (SSSR count). The maximum Gasteiger partial charge on any atom is 0.160 e. The molecule has 14 heavy (non-hydrogen) atoms.